The summed E-state index contributed by atoms with van der Waals surface area (Å²) in [5.74, 6) is 1.68. The third kappa shape index (κ3) is 7.75. The number of carbonyl (C=O) groups excluding carboxylic acids is 2. The van der Waals surface area contributed by atoms with Gasteiger partial charge in [-0.25, -0.2) is 0 Å². The van der Waals surface area contributed by atoms with Crippen LogP contribution in [0.4, 0.5) is 0 Å². The molecule has 0 radical (unpaired) electrons. The van der Waals surface area contributed by atoms with Crippen molar-refractivity contribution in [2.45, 2.75) is 111 Å². The van der Waals surface area contributed by atoms with E-state index in [9.17, 15) is 9.59 Å². The molecule has 0 heterocycles. The summed E-state index contributed by atoms with van der Waals surface area (Å²) >= 11 is 0. The number of rotatable bonds is 11. The first kappa shape index (κ1) is 25.0. The summed E-state index contributed by atoms with van der Waals surface area (Å²) in [5.41, 5.74) is 0. The van der Waals surface area contributed by atoms with Gasteiger partial charge in [-0.05, 0) is 63.2 Å². The minimum absolute atomic E-state index is 0.0547. The topological polar surface area (TPSA) is 52.6 Å². The molecule has 0 spiro atoms. The fourth-order valence-electron chi connectivity index (χ4n) is 4.65. The van der Waals surface area contributed by atoms with Gasteiger partial charge < -0.3 is 9.47 Å². The molecule has 2 atom stereocenters. The van der Waals surface area contributed by atoms with E-state index in [0.29, 0.717) is 11.8 Å². The molecule has 2 saturated carbocycles. The van der Waals surface area contributed by atoms with E-state index < -0.39 is 0 Å². The lowest BCUT2D eigenvalue weighted by Crippen LogP contribution is -2.27. The van der Waals surface area contributed by atoms with E-state index in [1.807, 2.05) is 6.92 Å². The van der Waals surface area contributed by atoms with Crippen LogP contribution in [0, 0.1) is 23.7 Å². The van der Waals surface area contributed by atoms with Crippen molar-refractivity contribution in [3.63, 3.8) is 0 Å². The summed E-state index contributed by atoms with van der Waals surface area (Å²) in [6, 6.07) is 0. The standard InChI is InChI=1S/C15H26O2.C9H18O2/c1-3-5-6-11(4-2)15(16)17-14-12-7-8-13(14)10-9-12;1-4-6-7-8(5-2)9(10)11-3/h11-14H,3-10H2,1-2H3;8H,4-7H2,1-3H3. The van der Waals surface area contributed by atoms with Crippen LogP contribution >= 0.6 is 0 Å². The average Bonchev–Trinajstić information content (AvgIpc) is 3.28. The highest BCUT2D eigenvalue weighted by Crippen LogP contribution is 2.46. The first-order chi connectivity index (χ1) is 13.5. The quantitative estimate of drug-likeness (QED) is 0.384. The van der Waals surface area contributed by atoms with Gasteiger partial charge in [0.25, 0.3) is 0 Å². The van der Waals surface area contributed by atoms with E-state index in [4.69, 9.17) is 4.74 Å². The Bertz CT molecular complexity index is 428. The Morgan fingerprint density at radius 1 is 0.786 bits per heavy atom. The van der Waals surface area contributed by atoms with Crippen LogP contribution in [0.15, 0.2) is 0 Å². The van der Waals surface area contributed by atoms with E-state index >= 15 is 0 Å². The average molecular weight is 397 g/mol. The van der Waals surface area contributed by atoms with Crippen LogP contribution < -0.4 is 0 Å². The van der Waals surface area contributed by atoms with Crippen LogP contribution in [0.25, 0.3) is 0 Å². The molecule has 2 rings (SSSR count). The third-order valence-corrected chi connectivity index (χ3v) is 6.66. The zero-order valence-electron chi connectivity index (χ0n) is 19.0. The Kier molecular flexibility index (Phi) is 12.5. The van der Waals surface area contributed by atoms with Crippen LogP contribution in [-0.2, 0) is 19.1 Å². The van der Waals surface area contributed by atoms with Crippen LogP contribution in [0.3, 0.4) is 0 Å². The predicted molar refractivity (Wildman–Crippen MR) is 114 cm³/mol. The SMILES string of the molecule is CCCCC(CC)C(=O)OC.CCCCC(CC)C(=O)OC1C2CCC1CC2. The second kappa shape index (κ2) is 14.0. The predicted octanol–water partition coefficient (Wildman–Crippen LogP) is 6.31. The molecule has 0 aromatic rings. The van der Waals surface area contributed by atoms with E-state index in [0.717, 1.165) is 44.9 Å². The minimum atomic E-state index is -0.0547. The van der Waals surface area contributed by atoms with Gasteiger partial charge in [-0.15, -0.1) is 0 Å². The number of unbranched alkanes of at least 4 members (excludes halogenated alkanes) is 2. The van der Waals surface area contributed by atoms with Crippen LogP contribution in [0.5, 0.6) is 0 Å². The summed E-state index contributed by atoms with van der Waals surface area (Å²) in [5, 5.41) is 0. The molecular formula is C24H44O4. The van der Waals surface area contributed by atoms with Gasteiger partial charge in [0.15, 0.2) is 0 Å². The smallest absolute Gasteiger partial charge is 0.309 e. The van der Waals surface area contributed by atoms with Gasteiger partial charge in [0.1, 0.15) is 6.10 Å². The second-order valence-corrected chi connectivity index (χ2v) is 8.59. The van der Waals surface area contributed by atoms with Gasteiger partial charge in [-0.3, -0.25) is 9.59 Å². The molecular weight excluding hydrogens is 352 g/mol. The largest absolute Gasteiger partial charge is 0.469 e. The highest BCUT2D eigenvalue weighted by atomic mass is 16.5. The molecule has 0 aromatic carbocycles. The molecule has 164 valence electrons. The molecule has 2 fully saturated rings. The van der Waals surface area contributed by atoms with Crippen molar-refractivity contribution in [3.8, 4) is 0 Å². The molecule has 0 aromatic heterocycles. The van der Waals surface area contributed by atoms with E-state index in [1.165, 1.54) is 39.2 Å². The summed E-state index contributed by atoms with van der Waals surface area (Å²) in [7, 11) is 1.46. The van der Waals surface area contributed by atoms with Crippen molar-refractivity contribution in [2.75, 3.05) is 7.11 Å². The highest BCUT2D eigenvalue weighted by Gasteiger charge is 2.44. The summed E-state index contributed by atoms with van der Waals surface area (Å²) in [4.78, 5) is 23.2. The fraction of sp³-hybridized carbons (Fsp3) is 0.917. The first-order valence-electron chi connectivity index (χ1n) is 11.8. The molecule has 2 aliphatic carbocycles. The molecule has 2 unspecified atom stereocenters. The maximum absolute atomic E-state index is 12.1. The van der Waals surface area contributed by atoms with Crippen molar-refractivity contribution in [1.29, 1.82) is 0 Å². The van der Waals surface area contributed by atoms with Crippen LogP contribution in [0.1, 0.15) is 105 Å². The Morgan fingerprint density at radius 2 is 1.21 bits per heavy atom. The van der Waals surface area contributed by atoms with Gasteiger partial charge in [0.05, 0.1) is 18.9 Å². The maximum Gasteiger partial charge on any atom is 0.309 e. The zero-order chi connectivity index (χ0) is 20.9. The monoisotopic (exact) mass is 396 g/mol. The van der Waals surface area contributed by atoms with Crippen molar-refractivity contribution in [3.05, 3.63) is 0 Å². The van der Waals surface area contributed by atoms with Crippen molar-refractivity contribution >= 4 is 11.9 Å². The van der Waals surface area contributed by atoms with Gasteiger partial charge in [0, 0.05) is 0 Å². The molecule has 0 N–H and O–H groups in total. The van der Waals surface area contributed by atoms with E-state index in [-0.39, 0.29) is 29.9 Å². The van der Waals surface area contributed by atoms with Gasteiger partial charge in [-0.2, -0.15) is 0 Å². The molecule has 0 aliphatic heterocycles. The van der Waals surface area contributed by atoms with E-state index in [2.05, 4.69) is 25.5 Å². The zero-order valence-corrected chi connectivity index (χ0v) is 19.0. The minimum Gasteiger partial charge on any atom is -0.469 e. The summed E-state index contributed by atoms with van der Waals surface area (Å²) in [6.45, 7) is 8.43. The molecule has 0 amide bonds. The van der Waals surface area contributed by atoms with Gasteiger partial charge in [0.2, 0.25) is 0 Å². The molecule has 2 aliphatic rings. The van der Waals surface area contributed by atoms with Crippen LogP contribution in [0.2, 0.25) is 0 Å². The Morgan fingerprint density at radius 3 is 1.57 bits per heavy atom. The summed E-state index contributed by atoms with van der Waals surface area (Å²) < 4.78 is 10.5. The third-order valence-electron chi connectivity index (χ3n) is 6.66. The Balaban J connectivity index is 0.000000311. The fourth-order valence-corrected chi connectivity index (χ4v) is 4.65. The normalized spacial score (nSPS) is 24.8. The lowest BCUT2D eigenvalue weighted by atomic mass is 9.99. The molecule has 28 heavy (non-hydrogen) atoms. The maximum atomic E-state index is 12.1. The lowest BCUT2D eigenvalue weighted by Gasteiger charge is -2.21. The Hall–Kier alpha value is -1.06. The number of fused-ring (bicyclic) bond motifs is 2. The van der Waals surface area contributed by atoms with E-state index in [1.54, 1.807) is 0 Å². The van der Waals surface area contributed by atoms with Crippen molar-refractivity contribution in [2.24, 2.45) is 23.7 Å². The number of hydrogen-bond donors (Lipinski definition) is 0. The molecule has 2 bridgehead atoms. The molecule has 4 heteroatoms. The summed E-state index contributed by atoms with van der Waals surface area (Å²) in [6.07, 6.45) is 13.8. The van der Waals surface area contributed by atoms with Crippen molar-refractivity contribution < 1.29 is 19.1 Å². The first-order valence-corrected chi connectivity index (χ1v) is 11.8. The highest BCUT2D eigenvalue weighted by molar-refractivity contribution is 5.72. The van der Waals surface area contributed by atoms with Gasteiger partial charge in [-0.1, -0.05) is 53.4 Å². The molecule has 0 saturated heterocycles. The second-order valence-electron chi connectivity index (χ2n) is 8.59. The van der Waals surface area contributed by atoms with Gasteiger partial charge >= 0.3 is 11.9 Å². The van der Waals surface area contributed by atoms with Crippen molar-refractivity contribution in [1.82, 2.24) is 0 Å². The lowest BCUT2D eigenvalue weighted by molar-refractivity contribution is -0.157. The molecule has 4 nitrogen and oxygen atoms in total. The number of esters is 2. The number of ether oxygens (including phenoxy) is 2. The van der Waals surface area contributed by atoms with Crippen LogP contribution in [-0.4, -0.2) is 25.2 Å². The number of hydrogen-bond acceptors (Lipinski definition) is 4. The number of carbonyl (C=O) groups is 2. The number of methoxy groups -OCH3 is 1. The Labute approximate surface area is 173 Å².